The minimum absolute atomic E-state index is 0.00497. The number of amides is 1. The Hall–Kier alpha value is -2.15. The molecule has 1 amide bonds. The molecule has 0 bridgehead atoms. The summed E-state index contributed by atoms with van der Waals surface area (Å²) in [6, 6.07) is 3.84. The number of hydrogen-bond donors (Lipinski definition) is 3. The van der Waals surface area contributed by atoms with Crippen LogP contribution in [0.3, 0.4) is 0 Å². The van der Waals surface area contributed by atoms with Crippen molar-refractivity contribution in [2.75, 3.05) is 11.9 Å². The summed E-state index contributed by atoms with van der Waals surface area (Å²) >= 11 is 0. The van der Waals surface area contributed by atoms with E-state index in [9.17, 15) is 20.0 Å². The first kappa shape index (κ1) is 14.9. The van der Waals surface area contributed by atoms with Crippen molar-refractivity contribution in [1.29, 1.82) is 0 Å². The van der Waals surface area contributed by atoms with E-state index in [2.05, 4.69) is 10.6 Å². The first-order chi connectivity index (χ1) is 8.70. The minimum Gasteiger partial charge on any atom is -0.505 e. The van der Waals surface area contributed by atoms with E-state index >= 15 is 0 Å². The predicted molar refractivity (Wildman–Crippen MR) is 71.1 cm³/mol. The second-order valence-electron chi connectivity index (χ2n) is 5.08. The lowest BCUT2D eigenvalue weighted by Gasteiger charge is -2.20. The number of benzene rings is 1. The average molecular weight is 267 g/mol. The smallest absolute Gasteiger partial charge is 0.296 e. The predicted octanol–water partition coefficient (Wildman–Crippen LogP) is 1.63. The Morgan fingerprint density at radius 2 is 2.05 bits per heavy atom. The maximum atomic E-state index is 11.7. The maximum Gasteiger partial charge on any atom is 0.296 e. The van der Waals surface area contributed by atoms with Crippen LogP contribution in [0.2, 0.25) is 0 Å². The summed E-state index contributed by atoms with van der Waals surface area (Å²) in [6.07, 6.45) is 0. The van der Waals surface area contributed by atoms with E-state index < -0.39 is 10.8 Å². The molecule has 3 N–H and O–H groups in total. The molecule has 19 heavy (non-hydrogen) atoms. The van der Waals surface area contributed by atoms with Crippen molar-refractivity contribution in [1.82, 2.24) is 5.32 Å². The number of rotatable bonds is 4. The quantitative estimate of drug-likeness (QED) is 0.437. The molecule has 7 nitrogen and oxygen atoms in total. The molecule has 0 fully saturated rings. The van der Waals surface area contributed by atoms with E-state index in [-0.39, 0.29) is 29.2 Å². The third-order valence-electron chi connectivity index (χ3n) is 2.26. The van der Waals surface area contributed by atoms with E-state index in [4.69, 9.17) is 0 Å². The molecule has 1 rings (SSSR count). The zero-order valence-corrected chi connectivity index (χ0v) is 11.1. The molecule has 0 saturated heterocycles. The Balaban J connectivity index is 2.82. The Morgan fingerprint density at radius 1 is 1.42 bits per heavy atom. The molecular formula is C12H17N3O4. The Labute approximate surface area is 110 Å². The molecule has 0 aliphatic heterocycles. The number of carbonyl (C=O) groups excluding carboxylic acids is 1. The molecule has 1 aromatic carbocycles. The summed E-state index contributed by atoms with van der Waals surface area (Å²) in [6.45, 7) is 5.67. The van der Waals surface area contributed by atoms with Crippen LogP contribution in [-0.2, 0) is 4.79 Å². The molecule has 0 aliphatic carbocycles. The molecule has 0 heterocycles. The largest absolute Gasteiger partial charge is 0.505 e. The van der Waals surface area contributed by atoms with Gasteiger partial charge in [0.1, 0.15) is 5.75 Å². The highest BCUT2D eigenvalue weighted by molar-refractivity contribution is 5.96. The van der Waals surface area contributed by atoms with Gasteiger partial charge in [-0.1, -0.05) is 6.07 Å². The van der Waals surface area contributed by atoms with E-state index in [1.54, 1.807) is 0 Å². The number of aromatic hydroxyl groups is 1. The average Bonchev–Trinajstić information content (AvgIpc) is 2.28. The zero-order chi connectivity index (χ0) is 14.6. The van der Waals surface area contributed by atoms with Crippen molar-refractivity contribution < 1.29 is 14.8 Å². The van der Waals surface area contributed by atoms with Crippen LogP contribution in [0.1, 0.15) is 20.8 Å². The van der Waals surface area contributed by atoms with Crippen LogP contribution in [0, 0.1) is 10.1 Å². The van der Waals surface area contributed by atoms with Gasteiger partial charge in [-0.3, -0.25) is 14.9 Å². The lowest BCUT2D eigenvalue weighted by molar-refractivity contribution is -0.384. The van der Waals surface area contributed by atoms with Gasteiger partial charge in [-0.2, -0.15) is 0 Å². The Kier molecular flexibility index (Phi) is 4.44. The number of nitrogens with zero attached hydrogens (tertiary/aromatic N) is 1. The number of nitrogens with one attached hydrogen (secondary N) is 2. The first-order valence-corrected chi connectivity index (χ1v) is 5.72. The summed E-state index contributed by atoms with van der Waals surface area (Å²) in [4.78, 5) is 21.8. The van der Waals surface area contributed by atoms with Gasteiger partial charge in [-0.25, -0.2) is 0 Å². The number of nitro groups is 1. The van der Waals surface area contributed by atoms with E-state index in [1.807, 2.05) is 20.8 Å². The number of para-hydroxylation sites is 1. The normalized spacial score (nSPS) is 11.1. The van der Waals surface area contributed by atoms with Gasteiger partial charge in [0, 0.05) is 11.6 Å². The van der Waals surface area contributed by atoms with Crippen LogP contribution < -0.4 is 10.6 Å². The summed E-state index contributed by atoms with van der Waals surface area (Å²) in [5, 5.41) is 25.7. The van der Waals surface area contributed by atoms with Crippen molar-refractivity contribution >= 4 is 17.3 Å². The van der Waals surface area contributed by atoms with Gasteiger partial charge in [0.25, 0.3) is 5.69 Å². The topological polar surface area (TPSA) is 104 Å². The highest BCUT2D eigenvalue weighted by Gasteiger charge is 2.20. The molecule has 104 valence electrons. The van der Waals surface area contributed by atoms with Gasteiger partial charge < -0.3 is 15.7 Å². The molecule has 0 aliphatic rings. The highest BCUT2D eigenvalue weighted by Crippen LogP contribution is 2.32. The van der Waals surface area contributed by atoms with Gasteiger partial charge in [-0.15, -0.1) is 0 Å². The van der Waals surface area contributed by atoms with Crippen molar-refractivity contribution in [2.24, 2.45) is 0 Å². The van der Waals surface area contributed by atoms with Gasteiger partial charge in [-0.05, 0) is 26.8 Å². The molecule has 0 unspecified atom stereocenters. The lowest BCUT2D eigenvalue weighted by Crippen LogP contribution is -2.41. The molecule has 0 aromatic heterocycles. The summed E-state index contributed by atoms with van der Waals surface area (Å²) in [5.41, 5.74) is -0.778. The SMILES string of the molecule is CC(C)(C)NCC(=O)Nc1c(O)cccc1[N+](=O)[O-]. The molecule has 0 radical (unpaired) electrons. The van der Waals surface area contributed by atoms with E-state index in [0.29, 0.717) is 0 Å². The van der Waals surface area contributed by atoms with Crippen LogP contribution in [0.25, 0.3) is 0 Å². The zero-order valence-electron chi connectivity index (χ0n) is 11.1. The first-order valence-electron chi connectivity index (χ1n) is 5.72. The van der Waals surface area contributed by atoms with Gasteiger partial charge in [0.05, 0.1) is 11.5 Å². The fourth-order valence-corrected chi connectivity index (χ4v) is 1.34. The number of anilines is 1. The Bertz CT molecular complexity index is 494. The van der Waals surface area contributed by atoms with Crippen LogP contribution in [0.5, 0.6) is 5.75 Å². The Morgan fingerprint density at radius 3 is 2.58 bits per heavy atom. The third-order valence-corrected chi connectivity index (χ3v) is 2.26. The monoisotopic (exact) mass is 267 g/mol. The fourth-order valence-electron chi connectivity index (χ4n) is 1.34. The number of nitro benzene ring substituents is 1. The molecular weight excluding hydrogens is 250 g/mol. The third kappa shape index (κ3) is 4.55. The number of hydrogen-bond acceptors (Lipinski definition) is 5. The molecule has 0 spiro atoms. The molecule has 0 saturated carbocycles. The second-order valence-corrected chi connectivity index (χ2v) is 5.08. The summed E-state index contributed by atoms with van der Waals surface area (Å²) in [7, 11) is 0. The van der Waals surface area contributed by atoms with E-state index in [1.165, 1.54) is 18.2 Å². The van der Waals surface area contributed by atoms with Gasteiger partial charge >= 0.3 is 0 Å². The van der Waals surface area contributed by atoms with Crippen LogP contribution in [0.4, 0.5) is 11.4 Å². The molecule has 1 aromatic rings. The number of phenolic OH excluding ortho intramolecular Hbond substituents is 1. The van der Waals surface area contributed by atoms with Crippen LogP contribution >= 0.6 is 0 Å². The number of carbonyl (C=O) groups is 1. The summed E-state index contributed by atoms with van der Waals surface area (Å²) in [5.74, 6) is -0.794. The van der Waals surface area contributed by atoms with Crippen molar-refractivity contribution in [3.8, 4) is 5.75 Å². The second kappa shape index (κ2) is 5.66. The van der Waals surface area contributed by atoms with Crippen molar-refractivity contribution in [3.63, 3.8) is 0 Å². The maximum absolute atomic E-state index is 11.7. The van der Waals surface area contributed by atoms with Crippen molar-refractivity contribution in [3.05, 3.63) is 28.3 Å². The van der Waals surface area contributed by atoms with Gasteiger partial charge in [0.2, 0.25) is 5.91 Å². The highest BCUT2D eigenvalue weighted by atomic mass is 16.6. The molecule has 7 heteroatoms. The van der Waals surface area contributed by atoms with Crippen LogP contribution in [-0.4, -0.2) is 28.0 Å². The standard InChI is InChI=1S/C12H17N3O4/c1-12(2,3)13-7-10(17)14-11-8(15(18)19)5-4-6-9(11)16/h4-6,13,16H,7H2,1-3H3,(H,14,17). The minimum atomic E-state index is -0.660. The lowest BCUT2D eigenvalue weighted by atomic mass is 10.1. The van der Waals surface area contributed by atoms with Gasteiger partial charge in [0.15, 0.2) is 5.69 Å². The van der Waals surface area contributed by atoms with E-state index in [0.717, 1.165) is 0 Å². The summed E-state index contributed by atoms with van der Waals surface area (Å²) < 4.78 is 0. The van der Waals surface area contributed by atoms with Crippen LogP contribution in [0.15, 0.2) is 18.2 Å². The number of phenols is 1. The molecule has 0 atom stereocenters. The van der Waals surface area contributed by atoms with Crippen molar-refractivity contribution in [2.45, 2.75) is 26.3 Å². The fraction of sp³-hybridized carbons (Fsp3) is 0.417.